The molecule has 0 aliphatic rings. The Kier molecular flexibility index (Phi) is 8.16. The van der Waals surface area contributed by atoms with Crippen LogP contribution in [-0.2, 0) is 4.79 Å². The van der Waals surface area contributed by atoms with Crippen molar-refractivity contribution in [1.82, 2.24) is 0 Å². The lowest BCUT2D eigenvalue weighted by atomic mass is 9.99. The maximum Gasteiger partial charge on any atom is 0.182 e. The first-order valence-corrected chi connectivity index (χ1v) is 9.32. The Balaban J connectivity index is 2.38. The topological polar surface area (TPSA) is 17.1 Å². The zero-order valence-corrected chi connectivity index (χ0v) is 15.7. The fourth-order valence-electron chi connectivity index (χ4n) is 2.61. The van der Waals surface area contributed by atoms with Crippen molar-refractivity contribution in [2.75, 3.05) is 0 Å². The van der Waals surface area contributed by atoms with Crippen molar-refractivity contribution in [2.24, 2.45) is 0 Å². The summed E-state index contributed by atoms with van der Waals surface area (Å²) in [5.41, 5.74) is 3.56. The number of unbranched alkanes of at least 4 members (excludes halogenated alkanes) is 1. The van der Waals surface area contributed by atoms with Gasteiger partial charge in [0.2, 0.25) is 0 Å². The second kappa shape index (κ2) is 10.9. The molecule has 0 saturated carbocycles. The number of carbonyl (C=O) groups is 1. The third kappa shape index (κ3) is 6.22. The second-order valence-corrected chi connectivity index (χ2v) is 6.17. The SMILES string of the molecule is CCC/C=C(\CCC)C(=O)/C=C(/C#Cc1ccccc1)c1ccccc1. The molecule has 0 spiro atoms. The van der Waals surface area contributed by atoms with Gasteiger partial charge < -0.3 is 0 Å². The van der Waals surface area contributed by atoms with Crippen molar-refractivity contribution in [3.63, 3.8) is 0 Å². The monoisotopic (exact) mass is 342 g/mol. The van der Waals surface area contributed by atoms with Crippen molar-refractivity contribution in [3.8, 4) is 11.8 Å². The van der Waals surface area contributed by atoms with Crippen molar-refractivity contribution < 1.29 is 4.79 Å². The highest BCUT2D eigenvalue weighted by Crippen LogP contribution is 2.17. The first-order valence-electron chi connectivity index (χ1n) is 9.32. The highest BCUT2D eigenvalue weighted by Gasteiger charge is 2.08. The third-order valence-electron chi connectivity index (χ3n) is 3.99. The van der Waals surface area contributed by atoms with Gasteiger partial charge in [-0.25, -0.2) is 0 Å². The summed E-state index contributed by atoms with van der Waals surface area (Å²) in [5, 5.41) is 0. The van der Waals surface area contributed by atoms with E-state index in [1.807, 2.05) is 60.7 Å². The Morgan fingerprint density at radius 1 is 0.923 bits per heavy atom. The molecule has 2 aromatic carbocycles. The smallest absolute Gasteiger partial charge is 0.182 e. The summed E-state index contributed by atoms with van der Waals surface area (Å²) >= 11 is 0. The van der Waals surface area contributed by atoms with E-state index in [1.165, 1.54) is 0 Å². The lowest BCUT2D eigenvalue weighted by Gasteiger charge is -2.04. The quantitative estimate of drug-likeness (QED) is 0.431. The molecule has 0 aliphatic carbocycles. The highest BCUT2D eigenvalue weighted by molar-refractivity contribution is 6.09. The maximum atomic E-state index is 12.8. The van der Waals surface area contributed by atoms with E-state index < -0.39 is 0 Å². The number of allylic oxidation sites excluding steroid dienone is 4. The Morgan fingerprint density at radius 3 is 2.19 bits per heavy atom. The molecule has 0 bridgehead atoms. The normalized spacial score (nSPS) is 11.6. The van der Waals surface area contributed by atoms with E-state index in [2.05, 4.69) is 31.8 Å². The van der Waals surface area contributed by atoms with Crippen LogP contribution in [0.15, 0.2) is 78.4 Å². The van der Waals surface area contributed by atoms with E-state index >= 15 is 0 Å². The predicted octanol–water partition coefficient (Wildman–Crippen LogP) is 6.22. The van der Waals surface area contributed by atoms with Gasteiger partial charge in [0, 0.05) is 17.2 Å². The molecule has 0 aliphatic heterocycles. The van der Waals surface area contributed by atoms with Gasteiger partial charge in [-0.2, -0.15) is 0 Å². The zero-order valence-electron chi connectivity index (χ0n) is 15.7. The summed E-state index contributed by atoms with van der Waals surface area (Å²) in [5.74, 6) is 6.44. The van der Waals surface area contributed by atoms with Crippen molar-refractivity contribution in [2.45, 2.75) is 39.5 Å². The Labute approximate surface area is 157 Å². The van der Waals surface area contributed by atoms with E-state index in [0.29, 0.717) is 0 Å². The van der Waals surface area contributed by atoms with Gasteiger partial charge in [-0.05, 0) is 36.1 Å². The number of rotatable bonds is 7. The summed E-state index contributed by atoms with van der Waals surface area (Å²) in [7, 11) is 0. The summed E-state index contributed by atoms with van der Waals surface area (Å²) in [6.07, 6.45) is 7.53. The van der Waals surface area contributed by atoms with Crippen LogP contribution >= 0.6 is 0 Å². The summed E-state index contributed by atoms with van der Waals surface area (Å²) in [6.45, 7) is 4.23. The molecule has 0 N–H and O–H groups in total. The standard InChI is InChI=1S/C25H26O/c1-3-5-15-23(12-4-2)25(26)20-24(22-16-10-7-11-17-22)19-18-21-13-8-6-9-14-21/h6-11,13-17,20H,3-5,12H2,1-2H3/b23-15+,24-20-. The van der Waals surface area contributed by atoms with E-state index in [-0.39, 0.29) is 5.78 Å². The molecule has 0 heterocycles. The van der Waals surface area contributed by atoms with Gasteiger partial charge in [0.05, 0.1) is 0 Å². The number of hydrogen-bond acceptors (Lipinski definition) is 1. The number of carbonyl (C=O) groups excluding carboxylic acids is 1. The van der Waals surface area contributed by atoms with Crippen LogP contribution in [0.4, 0.5) is 0 Å². The lowest BCUT2D eigenvalue weighted by Crippen LogP contribution is -2.00. The third-order valence-corrected chi connectivity index (χ3v) is 3.99. The molecule has 0 aromatic heterocycles. The Bertz CT molecular complexity index is 815. The average Bonchev–Trinajstić information content (AvgIpc) is 2.69. The van der Waals surface area contributed by atoms with E-state index in [1.54, 1.807) is 6.08 Å². The molecular formula is C25H26O. The van der Waals surface area contributed by atoms with Crippen LogP contribution in [0.5, 0.6) is 0 Å². The van der Waals surface area contributed by atoms with Crippen LogP contribution in [0.1, 0.15) is 50.7 Å². The number of ketones is 1. The van der Waals surface area contributed by atoms with Crippen molar-refractivity contribution in [3.05, 3.63) is 89.5 Å². The molecule has 0 amide bonds. The average molecular weight is 342 g/mol. The van der Waals surface area contributed by atoms with Gasteiger partial charge in [0.1, 0.15) is 0 Å². The number of hydrogen-bond donors (Lipinski definition) is 0. The minimum Gasteiger partial charge on any atom is -0.290 e. The Morgan fingerprint density at radius 2 is 1.58 bits per heavy atom. The van der Waals surface area contributed by atoms with Gasteiger partial charge in [0.25, 0.3) is 0 Å². The van der Waals surface area contributed by atoms with Crippen molar-refractivity contribution >= 4 is 11.4 Å². The summed E-state index contributed by atoms with van der Waals surface area (Å²) < 4.78 is 0. The first kappa shape index (κ1) is 19.5. The highest BCUT2D eigenvalue weighted by atomic mass is 16.1. The van der Waals surface area contributed by atoms with Crippen molar-refractivity contribution in [1.29, 1.82) is 0 Å². The molecule has 1 heteroatoms. The molecule has 2 rings (SSSR count). The van der Waals surface area contributed by atoms with Gasteiger partial charge in [-0.3, -0.25) is 4.79 Å². The minimum absolute atomic E-state index is 0.0708. The van der Waals surface area contributed by atoms with E-state index in [4.69, 9.17) is 0 Å². The number of benzene rings is 2. The van der Waals surface area contributed by atoms with Crippen LogP contribution in [-0.4, -0.2) is 5.78 Å². The molecule has 2 aromatic rings. The molecule has 0 saturated heterocycles. The molecule has 0 unspecified atom stereocenters. The van der Waals surface area contributed by atoms with Crippen LogP contribution in [0.25, 0.3) is 5.57 Å². The van der Waals surface area contributed by atoms with Crippen LogP contribution in [0.2, 0.25) is 0 Å². The van der Waals surface area contributed by atoms with E-state index in [9.17, 15) is 4.79 Å². The molecule has 0 fully saturated rings. The zero-order chi connectivity index (χ0) is 18.6. The van der Waals surface area contributed by atoms with Gasteiger partial charge >= 0.3 is 0 Å². The summed E-state index contributed by atoms with van der Waals surface area (Å²) in [4.78, 5) is 12.8. The van der Waals surface area contributed by atoms with Crippen LogP contribution in [0, 0.1) is 11.8 Å². The van der Waals surface area contributed by atoms with Crippen LogP contribution < -0.4 is 0 Å². The molecule has 0 radical (unpaired) electrons. The predicted molar refractivity (Wildman–Crippen MR) is 111 cm³/mol. The maximum absolute atomic E-state index is 12.8. The molecule has 132 valence electrons. The minimum atomic E-state index is 0.0708. The van der Waals surface area contributed by atoms with Gasteiger partial charge in [-0.15, -0.1) is 0 Å². The Hall–Kier alpha value is -2.85. The lowest BCUT2D eigenvalue weighted by molar-refractivity contribution is -0.111. The van der Waals surface area contributed by atoms with Crippen LogP contribution in [0.3, 0.4) is 0 Å². The molecule has 26 heavy (non-hydrogen) atoms. The fraction of sp³-hybridized carbons (Fsp3) is 0.240. The molecule has 0 atom stereocenters. The van der Waals surface area contributed by atoms with Gasteiger partial charge in [-0.1, -0.05) is 93.1 Å². The second-order valence-electron chi connectivity index (χ2n) is 6.17. The van der Waals surface area contributed by atoms with Gasteiger partial charge in [0.15, 0.2) is 5.78 Å². The largest absolute Gasteiger partial charge is 0.290 e. The van der Waals surface area contributed by atoms with E-state index in [0.717, 1.165) is 48.0 Å². The molecular weight excluding hydrogens is 316 g/mol. The molecule has 1 nitrogen and oxygen atoms in total. The first-order chi connectivity index (χ1) is 12.7. The fourth-order valence-corrected chi connectivity index (χ4v) is 2.61. The summed E-state index contributed by atoms with van der Waals surface area (Å²) in [6, 6.07) is 19.7.